The summed E-state index contributed by atoms with van der Waals surface area (Å²) >= 11 is 0. The average Bonchev–Trinajstić information content (AvgIpc) is 2.52. The van der Waals surface area contributed by atoms with Crippen LogP contribution in [0.25, 0.3) is 0 Å². The molecule has 1 aromatic rings. The van der Waals surface area contributed by atoms with Crippen LogP contribution >= 0.6 is 0 Å². The minimum atomic E-state index is 0.0483. The van der Waals surface area contributed by atoms with Crippen molar-refractivity contribution < 1.29 is 4.79 Å². The van der Waals surface area contributed by atoms with Crippen molar-refractivity contribution >= 4 is 5.91 Å². The van der Waals surface area contributed by atoms with Crippen LogP contribution in [-0.2, 0) is 0 Å². The lowest BCUT2D eigenvalue weighted by Crippen LogP contribution is -2.68. The van der Waals surface area contributed by atoms with Gasteiger partial charge in [0.1, 0.15) is 0 Å². The quantitative estimate of drug-likeness (QED) is 0.879. The van der Waals surface area contributed by atoms with Gasteiger partial charge in [0.25, 0.3) is 5.91 Å². The molecule has 1 aliphatic heterocycles. The Morgan fingerprint density at radius 1 is 1.26 bits per heavy atom. The van der Waals surface area contributed by atoms with Gasteiger partial charge in [-0.05, 0) is 57.6 Å². The van der Waals surface area contributed by atoms with Crippen molar-refractivity contribution in [2.75, 3.05) is 0 Å². The van der Waals surface area contributed by atoms with E-state index in [9.17, 15) is 4.79 Å². The SMILES string of the molecule is CCC1(C)CC(NC(=O)c2ccccc2C)C(C)C(C)(CC)N1. The summed E-state index contributed by atoms with van der Waals surface area (Å²) in [5, 5.41) is 7.18. The Kier molecular flexibility index (Phi) is 5.20. The van der Waals surface area contributed by atoms with E-state index < -0.39 is 0 Å². The fraction of sp³-hybridized carbons (Fsp3) is 0.650. The van der Waals surface area contributed by atoms with Gasteiger partial charge in [-0.25, -0.2) is 0 Å². The molecule has 0 aromatic heterocycles. The number of benzene rings is 1. The molecule has 0 spiro atoms. The number of amides is 1. The predicted molar refractivity (Wildman–Crippen MR) is 96.7 cm³/mol. The van der Waals surface area contributed by atoms with Crippen LogP contribution in [0.1, 0.15) is 69.8 Å². The molecule has 3 nitrogen and oxygen atoms in total. The second-order valence-corrected chi connectivity index (χ2v) is 7.70. The Morgan fingerprint density at radius 2 is 1.91 bits per heavy atom. The van der Waals surface area contributed by atoms with E-state index in [2.05, 4.69) is 45.3 Å². The lowest BCUT2D eigenvalue weighted by atomic mass is 9.69. The molecule has 1 saturated heterocycles. The number of hydrogen-bond donors (Lipinski definition) is 2. The lowest BCUT2D eigenvalue weighted by molar-refractivity contribution is 0.0531. The Balaban J connectivity index is 2.23. The smallest absolute Gasteiger partial charge is 0.251 e. The monoisotopic (exact) mass is 316 g/mol. The van der Waals surface area contributed by atoms with Gasteiger partial charge in [0.15, 0.2) is 0 Å². The maximum atomic E-state index is 12.7. The maximum absolute atomic E-state index is 12.7. The highest BCUT2D eigenvalue weighted by atomic mass is 16.1. The van der Waals surface area contributed by atoms with Gasteiger partial charge < -0.3 is 10.6 Å². The minimum absolute atomic E-state index is 0.0483. The molecule has 0 aliphatic carbocycles. The number of piperidine rings is 1. The summed E-state index contributed by atoms with van der Waals surface area (Å²) in [7, 11) is 0. The summed E-state index contributed by atoms with van der Waals surface area (Å²) in [5.41, 5.74) is 1.94. The fourth-order valence-electron chi connectivity index (χ4n) is 3.85. The highest BCUT2D eigenvalue weighted by Crippen LogP contribution is 2.37. The minimum Gasteiger partial charge on any atom is -0.349 e. The summed E-state index contributed by atoms with van der Waals surface area (Å²) in [6, 6.07) is 8.00. The molecule has 4 unspecified atom stereocenters. The second kappa shape index (κ2) is 6.64. The van der Waals surface area contributed by atoms with Crippen LogP contribution in [0.4, 0.5) is 0 Å². The van der Waals surface area contributed by atoms with E-state index in [0.29, 0.717) is 5.92 Å². The van der Waals surface area contributed by atoms with Crippen molar-refractivity contribution in [2.45, 2.75) is 77.9 Å². The molecular formula is C20H32N2O. The van der Waals surface area contributed by atoms with Crippen molar-refractivity contribution in [3.8, 4) is 0 Å². The average molecular weight is 316 g/mol. The summed E-state index contributed by atoms with van der Waals surface area (Å²) < 4.78 is 0. The first-order chi connectivity index (χ1) is 10.7. The zero-order valence-corrected chi connectivity index (χ0v) is 15.5. The first-order valence-corrected chi connectivity index (χ1v) is 8.90. The first-order valence-electron chi connectivity index (χ1n) is 8.90. The molecule has 1 amide bonds. The summed E-state index contributed by atoms with van der Waals surface area (Å²) in [5.74, 6) is 0.443. The predicted octanol–water partition coefficient (Wildman–Crippen LogP) is 4.06. The van der Waals surface area contributed by atoms with Gasteiger partial charge in [0.05, 0.1) is 0 Å². The van der Waals surface area contributed by atoms with Crippen LogP contribution in [0.5, 0.6) is 0 Å². The van der Waals surface area contributed by atoms with Crippen molar-refractivity contribution in [1.82, 2.24) is 10.6 Å². The van der Waals surface area contributed by atoms with Crippen LogP contribution in [0, 0.1) is 12.8 Å². The van der Waals surface area contributed by atoms with E-state index in [0.717, 1.165) is 30.4 Å². The molecule has 1 fully saturated rings. The Morgan fingerprint density at radius 3 is 2.48 bits per heavy atom. The van der Waals surface area contributed by atoms with Crippen molar-refractivity contribution in [2.24, 2.45) is 5.92 Å². The first kappa shape index (κ1) is 18.0. The zero-order chi connectivity index (χ0) is 17.3. The van der Waals surface area contributed by atoms with Crippen molar-refractivity contribution in [1.29, 1.82) is 0 Å². The van der Waals surface area contributed by atoms with Gasteiger partial charge in [-0.1, -0.05) is 39.0 Å². The number of carbonyl (C=O) groups excluding carboxylic acids is 1. The second-order valence-electron chi connectivity index (χ2n) is 7.70. The molecule has 4 atom stereocenters. The largest absolute Gasteiger partial charge is 0.349 e. The highest BCUT2D eigenvalue weighted by molar-refractivity contribution is 5.95. The third-order valence-electron chi connectivity index (χ3n) is 6.09. The molecule has 0 saturated carbocycles. The lowest BCUT2D eigenvalue weighted by Gasteiger charge is -2.53. The molecule has 1 aromatic carbocycles. The van der Waals surface area contributed by atoms with Gasteiger partial charge in [0, 0.05) is 22.7 Å². The summed E-state index contributed by atoms with van der Waals surface area (Å²) in [6.45, 7) is 13.3. The van der Waals surface area contributed by atoms with Crippen LogP contribution in [0.3, 0.4) is 0 Å². The third-order valence-corrected chi connectivity index (χ3v) is 6.09. The molecule has 2 N–H and O–H groups in total. The van der Waals surface area contributed by atoms with Crippen LogP contribution < -0.4 is 10.6 Å². The molecule has 0 bridgehead atoms. The summed E-state index contributed by atoms with van der Waals surface area (Å²) in [4.78, 5) is 12.7. The van der Waals surface area contributed by atoms with Crippen molar-refractivity contribution in [3.63, 3.8) is 0 Å². The topological polar surface area (TPSA) is 41.1 Å². The van der Waals surface area contributed by atoms with E-state index >= 15 is 0 Å². The van der Waals surface area contributed by atoms with Crippen molar-refractivity contribution in [3.05, 3.63) is 35.4 Å². The standard InChI is InChI=1S/C20H32N2O/c1-7-19(5)13-17(15(4)20(6,8-2)22-19)21-18(23)16-12-10-9-11-14(16)3/h9-12,15,17,22H,7-8,13H2,1-6H3,(H,21,23). The number of aryl methyl sites for hydroxylation is 1. The molecule has 3 heteroatoms. The summed E-state index contributed by atoms with van der Waals surface area (Å²) in [6.07, 6.45) is 3.09. The molecule has 23 heavy (non-hydrogen) atoms. The third kappa shape index (κ3) is 3.60. The Labute approximate surface area is 141 Å². The molecule has 128 valence electrons. The van der Waals surface area contributed by atoms with Gasteiger partial charge in [-0.2, -0.15) is 0 Å². The molecule has 1 heterocycles. The Bertz CT molecular complexity index is 571. The van der Waals surface area contributed by atoms with Crippen LogP contribution in [0.15, 0.2) is 24.3 Å². The Hall–Kier alpha value is -1.35. The van der Waals surface area contributed by atoms with E-state index in [1.165, 1.54) is 0 Å². The van der Waals surface area contributed by atoms with E-state index in [1.54, 1.807) is 0 Å². The highest BCUT2D eigenvalue weighted by Gasteiger charge is 2.46. The number of nitrogens with one attached hydrogen (secondary N) is 2. The number of carbonyl (C=O) groups is 1. The normalized spacial score (nSPS) is 34.2. The van der Waals surface area contributed by atoms with E-state index in [4.69, 9.17) is 0 Å². The van der Waals surface area contributed by atoms with E-state index in [1.807, 2.05) is 31.2 Å². The molecular weight excluding hydrogens is 284 g/mol. The van der Waals surface area contributed by atoms with Crippen LogP contribution in [-0.4, -0.2) is 23.0 Å². The van der Waals surface area contributed by atoms with Gasteiger partial charge in [-0.15, -0.1) is 0 Å². The zero-order valence-electron chi connectivity index (χ0n) is 15.5. The number of hydrogen-bond acceptors (Lipinski definition) is 2. The molecule has 0 radical (unpaired) electrons. The van der Waals surface area contributed by atoms with E-state index in [-0.39, 0.29) is 23.0 Å². The molecule has 1 aliphatic rings. The van der Waals surface area contributed by atoms with Gasteiger partial charge in [0.2, 0.25) is 0 Å². The molecule has 2 rings (SSSR count). The van der Waals surface area contributed by atoms with Gasteiger partial charge >= 0.3 is 0 Å². The fourth-order valence-corrected chi connectivity index (χ4v) is 3.85. The number of rotatable bonds is 4. The van der Waals surface area contributed by atoms with Gasteiger partial charge in [-0.3, -0.25) is 4.79 Å². The van der Waals surface area contributed by atoms with Crippen LogP contribution in [0.2, 0.25) is 0 Å². The maximum Gasteiger partial charge on any atom is 0.251 e.